The van der Waals surface area contributed by atoms with Crippen molar-refractivity contribution in [2.24, 2.45) is 5.92 Å². The minimum atomic E-state index is 0.0544. The molecule has 0 saturated carbocycles. The lowest BCUT2D eigenvalue weighted by atomic mass is 10.1. The Hall–Kier alpha value is -0.570. The first-order chi connectivity index (χ1) is 6.60. The Labute approximate surface area is 86.9 Å². The van der Waals surface area contributed by atoms with Crippen LogP contribution in [0.1, 0.15) is 40.5 Å². The molecule has 1 saturated heterocycles. The molecule has 82 valence electrons. The summed E-state index contributed by atoms with van der Waals surface area (Å²) in [6, 6.07) is 0.0544. The Kier molecular flexibility index (Phi) is 3.93. The van der Waals surface area contributed by atoms with Crippen LogP contribution < -0.4 is 5.32 Å². The zero-order valence-corrected chi connectivity index (χ0v) is 9.71. The molecule has 3 heteroatoms. The molecule has 1 rings (SSSR count). The highest BCUT2D eigenvalue weighted by Crippen LogP contribution is 2.18. The third kappa shape index (κ3) is 2.27. The second kappa shape index (κ2) is 4.78. The normalized spacial score (nSPS) is 27.8. The van der Waals surface area contributed by atoms with Gasteiger partial charge in [0.25, 0.3) is 0 Å². The van der Waals surface area contributed by atoms with Crippen molar-refractivity contribution in [2.45, 2.75) is 52.7 Å². The van der Waals surface area contributed by atoms with Crippen LogP contribution in [0, 0.1) is 5.92 Å². The minimum absolute atomic E-state index is 0.0544. The van der Waals surface area contributed by atoms with Crippen molar-refractivity contribution in [1.29, 1.82) is 0 Å². The van der Waals surface area contributed by atoms with E-state index in [1.54, 1.807) is 0 Å². The lowest BCUT2D eigenvalue weighted by Crippen LogP contribution is -2.38. The predicted octanol–water partition coefficient (Wildman–Crippen LogP) is 1.59. The van der Waals surface area contributed by atoms with Gasteiger partial charge in [-0.3, -0.25) is 10.1 Å². The van der Waals surface area contributed by atoms with E-state index in [0.29, 0.717) is 5.92 Å². The molecule has 2 unspecified atom stereocenters. The number of hydrogen-bond donors (Lipinski definition) is 1. The average molecular weight is 198 g/mol. The van der Waals surface area contributed by atoms with Crippen LogP contribution >= 0.6 is 0 Å². The maximum absolute atomic E-state index is 11.8. The molecule has 1 N–H and O–H groups in total. The second-order valence-corrected chi connectivity index (χ2v) is 4.40. The molecule has 14 heavy (non-hydrogen) atoms. The van der Waals surface area contributed by atoms with Crippen molar-refractivity contribution >= 4 is 5.91 Å². The summed E-state index contributed by atoms with van der Waals surface area (Å²) in [5.41, 5.74) is 0. The van der Waals surface area contributed by atoms with Crippen LogP contribution in [-0.2, 0) is 4.79 Å². The minimum Gasteiger partial charge on any atom is -0.326 e. The highest BCUT2D eigenvalue weighted by Gasteiger charge is 2.36. The molecule has 1 fully saturated rings. The van der Waals surface area contributed by atoms with E-state index in [-0.39, 0.29) is 18.1 Å². The number of nitrogens with zero attached hydrogens (tertiary/aromatic N) is 1. The van der Waals surface area contributed by atoms with Crippen molar-refractivity contribution < 1.29 is 4.79 Å². The van der Waals surface area contributed by atoms with E-state index in [0.717, 1.165) is 19.4 Å². The topological polar surface area (TPSA) is 32.3 Å². The van der Waals surface area contributed by atoms with Crippen molar-refractivity contribution in [2.75, 3.05) is 6.54 Å². The summed E-state index contributed by atoms with van der Waals surface area (Å²) in [5.74, 6) is 0.908. The number of nitrogens with one attached hydrogen (secondary N) is 1. The maximum atomic E-state index is 11.8. The van der Waals surface area contributed by atoms with Crippen LogP contribution in [0.25, 0.3) is 0 Å². The van der Waals surface area contributed by atoms with Gasteiger partial charge in [0.05, 0.1) is 12.2 Å². The van der Waals surface area contributed by atoms with Crippen LogP contribution in [0.2, 0.25) is 0 Å². The number of hydrogen-bond acceptors (Lipinski definition) is 2. The Balaban J connectivity index is 2.63. The standard InChI is InChI=1S/C11H22N2O/c1-5-9-11(14)13(6-2)10(12-9)7-8(3)4/h8-10,12H,5-7H2,1-4H3. The maximum Gasteiger partial charge on any atom is 0.240 e. The monoisotopic (exact) mass is 198 g/mol. The Morgan fingerprint density at radius 3 is 2.50 bits per heavy atom. The second-order valence-electron chi connectivity index (χ2n) is 4.40. The van der Waals surface area contributed by atoms with Gasteiger partial charge < -0.3 is 4.90 Å². The van der Waals surface area contributed by atoms with E-state index in [1.165, 1.54) is 0 Å². The summed E-state index contributed by atoms with van der Waals surface area (Å²) >= 11 is 0. The Bertz CT molecular complexity index is 203. The van der Waals surface area contributed by atoms with Gasteiger partial charge in [-0.15, -0.1) is 0 Å². The van der Waals surface area contributed by atoms with E-state index in [9.17, 15) is 4.79 Å². The number of rotatable bonds is 4. The third-order valence-electron chi connectivity index (χ3n) is 2.79. The largest absolute Gasteiger partial charge is 0.326 e. The van der Waals surface area contributed by atoms with Gasteiger partial charge >= 0.3 is 0 Å². The molecule has 0 aliphatic carbocycles. The molecule has 3 nitrogen and oxygen atoms in total. The number of amides is 1. The van der Waals surface area contributed by atoms with E-state index in [1.807, 2.05) is 11.8 Å². The number of carbonyl (C=O) groups is 1. The van der Waals surface area contributed by atoms with E-state index >= 15 is 0 Å². The van der Waals surface area contributed by atoms with Crippen molar-refractivity contribution in [3.05, 3.63) is 0 Å². The molecule has 1 amide bonds. The van der Waals surface area contributed by atoms with Crippen molar-refractivity contribution in [1.82, 2.24) is 10.2 Å². The lowest BCUT2D eigenvalue weighted by molar-refractivity contribution is -0.130. The van der Waals surface area contributed by atoms with Crippen LogP contribution in [0.15, 0.2) is 0 Å². The Morgan fingerprint density at radius 2 is 2.07 bits per heavy atom. The first kappa shape index (κ1) is 11.5. The van der Waals surface area contributed by atoms with Gasteiger partial charge in [-0.25, -0.2) is 0 Å². The first-order valence-electron chi connectivity index (χ1n) is 5.66. The highest BCUT2D eigenvalue weighted by molar-refractivity contribution is 5.84. The SMILES string of the molecule is CCC1NC(CC(C)C)N(CC)C1=O. The van der Waals surface area contributed by atoms with E-state index in [2.05, 4.69) is 26.1 Å². The molecule has 1 aliphatic rings. The molecule has 1 aliphatic heterocycles. The third-order valence-corrected chi connectivity index (χ3v) is 2.79. The zero-order chi connectivity index (χ0) is 10.7. The molecule has 0 spiro atoms. The summed E-state index contributed by atoms with van der Waals surface area (Å²) in [5, 5.41) is 3.40. The number of likely N-dealkylation sites (N-methyl/N-ethyl adjacent to an activating group) is 1. The van der Waals surface area contributed by atoms with Gasteiger partial charge in [-0.2, -0.15) is 0 Å². The fraction of sp³-hybridized carbons (Fsp3) is 0.909. The molecule has 0 aromatic heterocycles. The van der Waals surface area contributed by atoms with Crippen LogP contribution in [0.4, 0.5) is 0 Å². The summed E-state index contributed by atoms with van der Waals surface area (Å²) in [6.07, 6.45) is 2.21. The van der Waals surface area contributed by atoms with Crippen LogP contribution in [-0.4, -0.2) is 29.6 Å². The zero-order valence-electron chi connectivity index (χ0n) is 9.71. The summed E-state index contributed by atoms with van der Waals surface area (Å²) < 4.78 is 0. The van der Waals surface area contributed by atoms with Gasteiger partial charge in [0.15, 0.2) is 0 Å². The molecular weight excluding hydrogens is 176 g/mol. The van der Waals surface area contributed by atoms with Crippen molar-refractivity contribution in [3.63, 3.8) is 0 Å². The van der Waals surface area contributed by atoms with E-state index in [4.69, 9.17) is 0 Å². The summed E-state index contributed by atoms with van der Waals surface area (Å²) in [6.45, 7) is 9.31. The molecular formula is C11H22N2O. The smallest absolute Gasteiger partial charge is 0.240 e. The summed E-state index contributed by atoms with van der Waals surface area (Å²) in [4.78, 5) is 13.8. The van der Waals surface area contributed by atoms with Gasteiger partial charge in [0.2, 0.25) is 5.91 Å². The van der Waals surface area contributed by atoms with Gasteiger partial charge in [-0.05, 0) is 25.7 Å². The van der Waals surface area contributed by atoms with Gasteiger partial charge in [0, 0.05) is 6.54 Å². The fourth-order valence-electron chi connectivity index (χ4n) is 2.06. The fourth-order valence-corrected chi connectivity index (χ4v) is 2.06. The average Bonchev–Trinajstić information content (AvgIpc) is 2.41. The highest BCUT2D eigenvalue weighted by atomic mass is 16.2. The first-order valence-corrected chi connectivity index (χ1v) is 5.66. The van der Waals surface area contributed by atoms with Crippen LogP contribution in [0.5, 0.6) is 0 Å². The molecule has 0 bridgehead atoms. The number of carbonyl (C=O) groups excluding carboxylic acids is 1. The molecule has 0 aromatic carbocycles. The predicted molar refractivity (Wildman–Crippen MR) is 57.8 cm³/mol. The van der Waals surface area contributed by atoms with Crippen molar-refractivity contribution in [3.8, 4) is 0 Å². The van der Waals surface area contributed by atoms with Gasteiger partial charge in [-0.1, -0.05) is 20.8 Å². The molecule has 1 heterocycles. The summed E-state index contributed by atoms with van der Waals surface area (Å²) in [7, 11) is 0. The molecule has 0 aromatic rings. The molecule has 0 radical (unpaired) electrons. The molecule has 2 atom stereocenters. The van der Waals surface area contributed by atoms with E-state index < -0.39 is 0 Å². The Morgan fingerprint density at radius 1 is 1.43 bits per heavy atom. The van der Waals surface area contributed by atoms with Crippen LogP contribution in [0.3, 0.4) is 0 Å². The lowest BCUT2D eigenvalue weighted by Gasteiger charge is -2.23. The van der Waals surface area contributed by atoms with Gasteiger partial charge in [0.1, 0.15) is 0 Å². The quantitative estimate of drug-likeness (QED) is 0.744.